The average molecular weight is 421 g/mol. The van der Waals surface area contributed by atoms with Crippen molar-refractivity contribution in [2.75, 3.05) is 0 Å². The van der Waals surface area contributed by atoms with Crippen molar-refractivity contribution in [1.82, 2.24) is 0 Å². The van der Waals surface area contributed by atoms with Gasteiger partial charge in [-0.05, 0) is 42.3 Å². The highest BCUT2D eigenvalue weighted by Gasteiger charge is 2.55. The lowest BCUT2D eigenvalue weighted by molar-refractivity contribution is -0.149. The number of benzene rings is 3. The number of rotatable bonds is 4. The number of halogens is 4. The summed E-state index contributed by atoms with van der Waals surface area (Å²) in [6.07, 6.45) is -4.51. The summed E-state index contributed by atoms with van der Waals surface area (Å²) < 4.78 is 45.2. The standard InChI is InChI=1S/C21H16BrF3O/c1-15-7-9-16(10-8-15)20(22,21(23,24)25)17-11-13-19(14-12-17)26-18-5-3-2-4-6-18/h2-14H,1H3. The van der Waals surface area contributed by atoms with Gasteiger partial charge in [0.2, 0.25) is 0 Å². The molecule has 1 unspecified atom stereocenters. The Bertz CT molecular complexity index is 859. The zero-order valence-electron chi connectivity index (χ0n) is 13.9. The van der Waals surface area contributed by atoms with Crippen LogP contribution in [0.3, 0.4) is 0 Å². The van der Waals surface area contributed by atoms with Gasteiger partial charge < -0.3 is 4.74 Å². The molecule has 0 aromatic heterocycles. The number of hydrogen-bond acceptors (Lipinski definition) is 1. The highest BCUT2D eigenvalue weighted by molar-refractivity contribution is 9.09. The van der Waals surface area contributed by atoms with Gasteiger partial charge >= 0.3 is 6.18 Å². The van der Waals surface area contributed by atoms with Gasteiger partial charge in [0, 0.05) is 0 Å². The van der Waals surface area contributed by atoms with Gasteiger partial charge in [-0.3, -0.25) is 0 Å². The molecule has 0 heterocycles. The Morgan fingerprint density at radius 1 is 0.692 bits per heavy atom. The number of hydrogen-bond donors (Lipinski definition) is 0. The third-order valence-corrected chi connectivity index (χ3v) is 5.44. The Kier molecular flexibility index (Phi) is 5.10. The normalized spacial score (nSPS) is 13.9. The van der Waals surface area contributed by atoms with Gasteiger partial charge in [0.25, 0.3) is 0 Å². The second-order valence-electron chi connectivity index (χ2n) is 5.96. The molecule has 0 bridgehead atoms. The summed E-state index contributed by atoms with van der Waals surface area (Å²) in [6.45, 7) is 1.84. The van der Waals surface area contributed by atoms with E-state index in [9.17, 15) is 13.2 Å². The van der Waals surface area contributed by atoms with E-state index in [2.05, 4.69) is 15.9 Å². The van der Waals surface area contributed by atoms with E-state index >= 15 is 0 Å². The lowest BCUT2D eigenvalue weighted by Crippen LogP contribution is -2.37. The van der Waals surface area contributed by atoms with Gasteiger partial charge in [-0.1, -0.05) is 76.1 Å². The Hall–Kier alpha value is -2.27. The zero-order valence-corrected chi connectivity index (χ0v) is 15.5. The molecular formula is C21H16BrF3O. The Morgan fingerprint density at radius 2 is 1.15 bits per heavy atom. The fraction of sp³-hybridized carbons (Fsp3) is 0.143. The molecule has 26 heavy (non-hydrogen) atoms. The Labute approximate surface area is 158 Å². The number of para-hydroxylation sites is 1. The van der Waals surface area contributed by atoms with E-state index in [0.717, 1.165) is 5.56 Å². The molecule has 3 aromatic rings. The largest absolute Gasteiger partial charge is 0.457 e. The smallest absolute Gasteiger partial charge is 0.411 e. The monoisotopic (exact) mass is 420 g/mol. The summed E-state index contributed by atoms with van der Waals surface area (Å²) in [5, 5.41) is 0. The molecule has 0 aliphatic heterocycles. The molecule has 1 nitrogen and oxygen atoms in total. The van der Waals surface area contributed by atoms with Crippen LogP contribution in [0.15, 0.2) is 78.9 Å². The molecule has 1 atom stereocenters. The van der Waals surface area contributed by atoms with Gasteiger partial charge in [-0.15, -0.1) is 0 Å². The van der Waals surface area contributed by atoms with E-state index in [4.69, 9.17) is 4.74 Å². The molecule has 134 valence electrons. The minimum Gasteiger partial charge on any atom is -0.457 e. The van der Waals surface area contributed by atoms with Gasteiger partial charge in [0.05, 0.1) is 0 Å². The topological polar surface area (TPSA) is 9.23 Å². The van der Waals surface area contributed by atoms with Crippen molar-refractivity contribution in [2.45, 2.75) is 17.4 Å². The third kappa shape index (κ3) is 3.63. The Balaban J connectivity index is 1.96. The maximum atomic E-state index is 13.9. The van der Waals surface area contributed by atoms with E-state index in [1.807, 2.05) is 25.1 Å². The summed E-state index contributed by atoms with van der Waals surface area (Å²) >= 11 is 2.97. The van der Waals surface area contributed by atoms with Crippen molar-refractivity contribution >= 4 is 15.9 Å². The SMILES string of the molecule is Cc1ccc(C(Br)(c2ccc(Oc3ccccc3)cc2)C(F)(F)F)cc1. The van der Waals surface area contributed by atoms with Crippen LogP contribution < -0.4 is 4.74 Å². The number of ether oxygens (including phenoxy) is 1. The molecule has 5 heteroatoms. The average Bonchev–Trinajstić information content (AvgIpc) is 2.62. The van der Waals surface area contributed by atoms with E-state index in [1.54, 1.807) is 24.3 Å². The minimum absolute atomic E-state index is 0.0919. The van der Waals surface area contributed by atoms with Gasteiger partial charge in [-0.25, -0.2) is 0 Å². The fourth-order valence-corrected chi connectivity index (χ4v) is 3.18. The van der Waals surface area contributed by atoms with Crippen LogP contribution in [-0.4, -0.2) is 6.18 Å². The van der Waals surface area contributed by atoms with Gasteiger partial charge in [0.15, 0.2) is 4.32 Å². The molecule has 0 aliphatic carbocycles. The minimum atomic E-state index is -4.51. The van der Waals surface area contributed by atoms with E-state index in [0.29, 0.717) is 11.5 Å². The van der Waals surface area contributed by atoms with E-state index in [1.165, 1.54) is 36.4 Å². The molecule has 0 aliphatic rings. The lowest BCUT2D eigenvalue weighted by atomic mass is 9.90. The molecule has 0 spiro atoms. The van der Waals surface area contributed by atoms with Crippen molar-refractivity contribution in [3.8, 4) is 11.5 Å². The first kappa shape index (κ1) is 18.5. The molecule has 0 radical (unpaired) electrons. The van der Waals surface area contributed by atoms with Crippen molar-refractivity contribution in [3.63, 3.8) is 0 Å². The second-order valence-corrected chi connectivity index (χ2v) is 7.15. The molecule has 0 fully saturated rings. The lowest BCUT2D eigenvalue weighted by Gasteiger charge is -2.31. The van der Waals surface area contributed by atoms with Gasteiger partial charge in [-0.2, -0.15) is 13.2 Å². The summed E-state index contributed by atoms with van der Waals surface area (Å²) in [7, 11) is 0. The molecule has 3 aromatic carbocycles. The van der Waals surface area contributed by atoms with Crippen LogP contribution in [0.4, 0.5) is 13.2 Å². The first-order valence-electron chi connectivity index (χ1n) is 7.97. The quantitative estimate of drug-likeness (QED) is 0.413. The van der Waals surface area contributed by atoms with Gasteiger partial charge in [0.1, 0.15) is 11.5 Å². The maximum absolute atomic E-state index is 13.9. The zero-order chi connectivity index (χ0) is 18.8. The summed E-state index contributed by atoms with van der Waals surface area (Å²) in [4.78, 5) is 0. The predicted octanol–water partition coefficient (Wildman–Crippen LogP) is 6.99. The van der Waals surface area contributed by atoms with E-state index < -0.39 is 10.5 Å². The Morgan fingerprint density at radius 3 is 1.65 bits per heavy atom. The van der Waals surface area contributed by atoms with Crippen LogP contribution in [-0.2, 0) is 4.32 Å². The third-order valence-electron chi connectivity index (χ3n) is 4.07. The van der Waals surface area contributed by atoms with E-state index in [-0.39, 0.29) is 11.1 Å². The van der Waals surface area contributed by atoms with Crippen molar-refractivity contribution in [2.24, 2.45) is 0 Å². The summed E-state index contributed by atoms with van der Waals surface area (Å²) in [6, 6.07) is 21.3. The van der Waals surface area contributed by atoms with Crippen LogP contribution >= 0.6 is 15.9 Å². The van der Waals surface area contributed by atoms with Crippen LogP contribution in [0.5, 0.6) is 11.5 Å². The first-order valence-corrected chi connectivity index (χ1v) is 8.76. The molecular weight excluding hydrogens is 405 g/mol. The number of aryl methyl sites for hydroxylation is 1. The molecule has 3 rings (SSSR count). The van der Waals surface area contributed by atoms with Crippen molar-refractivity contribution in [3.05, 3.63) is 95.6 Å². The highest BCUT2D eigenvalue weighted by atomic mass is 79.9. The highest BCUT2D eigenvalue weighted by Crippen LogP contribution is 2.51. The molecule has 0 amide bonds. The number of alkyl halides is 4. The molecule has 0 N–H and O–H groups in total. The maximum Gasteiger partial charge on any atom is 0.411 e. The van der Waals surface area contributed by atoms with Crippen LogP contribution in [0.1, 0.15) is 16.7 Å². The van der Waals surface area contributed by atoms with Crippen molar-refractivity contribution < 1.29 is 17.9 Å². The summed E-state index contributed by atoms with van der Waals surface area (Å²) in [5.74, 6) is 1.10. The van der Waals surface area contributed by atoms with Crippen LogP contribution in [0, 0.1) is 6.92 Å². The van der Waals surface area contributed by atoms with Crippen LogP contribution in [0.2, 0.25) is 0 Å². The van der Waals surface area contributed by atoms with Crippen molar-refractivity contribution in [1.29, 1.82) is 0 Å². The molecule has 0 saturated carbocycles. The molecule has 0 saturated heterocycles. The predicted molar refractivity (Wildman–Crippen MR) is 99.9 cm³/mol. The first-order chi connectivity index (χ1) is 12.3. The van der Waals surface area contributed by atoms with Crippen LogP contribution in [0.25, 0.3) is 0 Å². The second kappa shape index (κ2) is 7.16. The fourth-order valence-electron chi connectivity index (χ4n) is 2.65. The summed E-state index contributed by atoms with van der Waals surface area (Å²) in [5.41, 5.74) is 1.12.